The lowest BCUT2D eigenvalue weighted by Gasteiger charge is -2.15. The number of fused-ring (bicyclic) bond motifs is 2. The van der Waals surface area contributed by atoms with E-state index in [0.717, 1.165) is 29.1 Å². The van der Waals surface area contributed by atoms with Crippen molar-refractivity contribution in [1.82, 2.24) is 20.2 Å². The molecule has 2 aliphatic rings. The quantitative estimate of drug-likeness (QED) is 0.700. The average Bonchev–Trinajstić information content (AvgIpc) is 3.00. The van der Waals surface area contributed by atoms with Crippen molar-refractivity contribution in [3.05, 3.63) is 41.1 Å². The highest BCUT2D eigenvalue weighted by atomic mass is 32.1. The van der Waals surface area contributed by atoms with Crippen LogP contribution in [-0.2, 0) is 16.8 Å². The van der Waals surface area contributed by atoms with E-state index in [4.69, 9.17) is 4.42 Å². The van der Waals surface area contributed by atoms with Crippen molar-refractivity contribution in [3.8, 4) is 10.8 Å². The smallest absolute Gasteiger partial charge is 0.259 e. The summed E-state index contributed by atoms with van der Waals surface area (Å²) >= 11 is 1.35. The van der Waals surface area contributed by atoms with Crippen LogP contribution in [0.5, 0.6) is 0 Å². The Morgan fingerprint density at radius 2 is 2.23 bits per heavy atom. The molecule has 1 atom stereocenters. The van der Waals surface area contributed by atoms with Gasteiger partial charge in [0.1, 0.15) is 9.88 Å². The third-order valence-corrected chi connectivity index (χ3v) is 5.82. The molecule has 0 saturated heterocycles. The van der Waals surface area contributed by atoms with Gasteiger partial charge in [-0.05, 0) is 31.4 Å². The molecule has 132 valence electrons. The zero-order valence-corrected chi connectivity index (χ0v) is 14.7. The summed E-state index contributed by atoms with van der Waals surface area (Å²) < 4.78 is 18.6. The summed E-state index contributed by atoms with van der Waals surface area (Å²) in [7, 11) is 0. The number of pyridine rings is 1. The van der Waals surface area contributed by atoms with Crippen LogP contribution in [0.25, 0.3) is 10.8 Å². The molecule has 0 bridgehead atoms. The Bertz CT molecular complexity index is 1010. The molecule has 5 rings (SSSR count). The van der Waals surface area contributed by atoms with Gasteiger partial charge in [-0.15, -0.1) is 21.5 Å². The molecule has 4 heterocycles. The lowest BCUT2D eigenvalue weighted by molar-refractivity contribution is -0.120. The van der Waals surface area contributed by atoms with E-state index >= 15 is 0 Å². The van der Waals surface area contributed by atoms with Crippen LogP contribution in [0.15, 0.2) is 29.1 Å². The first kappa shape index (κ1) is 15.6. The highest BCUT2D eigenvalue weighted by Crippen LogP contribution is 2.57. The van der Waals surface area contributed by atoms with Gasteiger partial charge in [0.25, 0.3) is 11.8 Å². The van der Waals surface area contributed by atoms with Crippen LogP contribution >= 0.6 is 11.3 Å². The molecular weight excluding hydrogens is 357 g/mol. The van der Waals surface area contributed by atoms with Crippen LogP contribution < -0.4 is 4.90 Å². The van der Waals surface area contributed by atoms with Gasteiger partial charge >= 0.3 is 0 Å². The number of hydrogen-bond acceptors (Lipinski definition) is 7. The monoisotopic (exact) mass is 371 g/mol. The van der Waals surface area contributed by atoms with E-state index in [1.54, 1.807) is 23.5 Å². The summed E-state index contributed by atoms with van der Waals surface area (Å²) in [5.41, 5.74) is 1.57. The summed E-state index contributed by atoms with van der Waals surface area (Å²) in [5.74, 6) is 0.297. The SMILES string of the molecule is CC(F)c1nnc(-c2cnc(CN3C(=O)C4(CC4)c4ccncc43)s2)o1. The first-order chi connectivity index (χ1) is 12.6. The van der Waals surface area contributed by atoms with E-state index in [0.29, 0.717) is 11.4 Å². The molecule has 9 heteroatoms. The van der Waals surface area contributed by atoms with E-state index in [1.807, 2.05) is 6.07 Å². The second-order valence-electron chi connectivity index (χ2n) is 6.55. The predicted octanol–water partition coefficient (Wildman–Crippen LogP) is 3.20. The second kappa shape index (κ2) is 5.41. The number of rotatable bonds is 4. The molecule has 3 aromatic rings. The van der Waals surface area contributed by atoms with Crippen molar-refractivity contribution in [3.63, 3.8) is 0 Å². The van der Waals surface area contributed by atoms with E-state index in [9.17, 15) is 9.18 Å². The summed E-state index contributed by atoms with van der Waals surface area (Å²) in [5, 5.41) is 8.29. The largest absolute Gasteiger partial charge is 0.417 e. The minimum atomic E-state index is -1.32. The molecule has 7 nitrogen and oxygen atoms in total. The first-order valence-corrected chi connectivity index (χ1v) is 9.09. The van der Waals surface area contributed by atoms with Crippen molar-refractivity contribution in [2.75, 3.05) is 4.90 Å². The Balaban J connectivity index is 1.42. The van der Waals surface area contributed by atoms with Crippen molar-refractivity contribution in [2.45, 2.75) is 37.9 Å². The fourth-order valence-electron chi connectivity index (χ4n) is 3.37. The van der Waals surface area contributed by atoms with Crippen molar-refractivity contribution < 1.29 is 13.6 Å². The minimum absolute atomic E-state index is 0.0552. The van der Waals surface area contributed by atoms with Crippen LogP contribution in [0, 0.1) is 0 Å². The number of thiazole rings is 1. The number of carbonyl (C=O) groups excluding carboxylic acids is 1. The van der Waals surface area contributed by atoms with Gasteiger partial charge < -0.3 is 9.32 Å². The standard InChI is InChI=1S/C17H14FN5O2S/c1-9(18)14-21-22-15(25-14)12-7-20-13(26-12)8-23-11-6-19-5-2-10(11)17(3-4-17)16(23)24/h2,5-7,9H,3-4,8H2,1H3. The van der Waals surface area contributed by atoms with Gasteiger partial charge in [0.2, 0.25) is 5.91 Å². The maximum Gasteiger partial charge on any atom is 0.259 e. The molecule has 26 heavy (non-hydrogen) atoms. The van der Waals surface area contributed by atoms with Crippen molar-refractivity contribution in [2.24, 2.45) is 0 Å². The lowest BCUT2D eigenvalue weighted by atomic mass is 9.99. The number of halogens is 1. The maximum absolute atomic E-state index is 13.2. The number of hydrogen-bond donors (Lipinski definition) is 0. The maximum atomic E-state index is 13.2. The molecule has 1 amide bonds. The fourth-order valence-corrected chi connectivity index (χ4v) is 4.19. The molecular formula is C17H14FN5O2S. The van der Waals surface area contributed by atoms with E-state index < -0.39 is 6.17 Å². The molecule has 1 unspecified atom stereocenters. The van der Waals surface area contributed by atoms with Gasteiger partial charge in [-0.1, -0.05) is 0 Å². The van der Waals surface area contributed by atoms with Crippen LogP contribution in [-0.4, -0.2) is 26.1 Å². The Hall–Kier alpha value is -2.68. The number of nitrogens with zero attached hydrogens (tertiary/aromatic N) is 5. The van der Waals surface area contributed by atoms with E-state index in [-0.39, 0.29) is 23.1 Å². The highest BCUT2D eigenvalue weighted by Gasteiger charge is 2.59. The Morgan fingerprint density at radius 1 is 1.38 bits per heavy atom. The van der Waals surface area contributed by atoms with E-state index in [2.05, 4.69) is 20.2 Å². The summed E-state index contributed by atoms with van der Waals surface area (Å²) in [4.78, 5) is 23.8. The Morgan fingerprint density at radius 3 is 2.96 bits per heavy atom. The fraction of sp³-hybridized carbons (Fsp3) is 0.353. The second-order valence-corrected chi connectivity index (χ2v) is 7.66. The molecule has 1 aliphatic heterocycles. The molecule has 1 saturated carbocycles. The third-order valence-electron chi connectivity index (χ3n) is 4.85. The molecule has 1 aliphatic carbocycles. The van der Waals surface area contributed by atoms with E-state index in [1.165, 1.54) is 18.3 Å². The topological polar surface area (TPSA) is 85.0 Å². The van der Waals surface area contributed by atoms with Gasteiger partial charge in [0.05, 0.1) is 30.0 Å². The van der Waals surface area contributed by atoms with Gasteiger partial charge in [0.15, 0.2) is 6.17 Å². The summed E-state index contributed by atoms with van der Waals surface area (Å²) in [6, 6.07) is 1.94. The normalized spacial score (nSPS) is 18.4. The van der Waals surface area contributed by atoms with Gasteiger partial charge in [-0.25, -0.2) is 9.37 Å². The van der Waals surface area contributed by atoms with Crippen LogP contribution in [0.4, 0.5) is 10.1 Å². The predicted molar refractivity (Wildman–Crippen MR) is 91.3 cm³/mol. The van der Waals surface area contributed by atoms with Gasteiger partial charge in [-0.2, -0.15) is 0 Å². The molecule has 1 spiro atoms. The molecule has 0 N–H and O–H groups in total. The number of aromatic nitrogens is 4. The van der Waals surface area contributed by atoms with Crippen LogP contribution in [0.1, 0.15) is 42.4 Å². The Labute approximate surface area is 151 Å². The average molecular weight is 371 g/mol. The molecule has 0 aromatic carbocycles. The third kappa shape index (κ3) is 2.20. The van der Waals surface area contributed by atoms with Crippen LogP contribution in [0.2, 0.25) is 0 Å². The molecule has 1 fully saturated rings. The number of carbonyl (C=O) groups is 1. The number of anilines is 1. The summed E-state index contributed by atoms with van der Waals surface area (Å²) in [6.07, 6.45) is 5.53. The minimum Gasteiger partial charge on any atom is -0.417 e. The van der Waals surface area contributed by atoms with Crippen molar-refractivity contribution >= 4 is 22.9 Å². The zero-order chi connectivity index (χ0) is 17.9. The van der Waals surface area contributed by atoms with Crippen LogP contribution in [0.3, 0.4) is 0 Å². The highest BCUT2D eigenvalue weighted by molar-refractivity contribution is 7.15. The lowest BCUT2D eigenvalue weighted by Crippen LogP contribution is -2.31. The Kier molecular flexibility index (Phi) is 3.24. The first-order valence-electron chi connectivity index (χ1n) is 8.27. The summed E-state index contributed by atoms with van der Waals surface area (Å²) in [6.45, 7) is 1.71. The van der Waals surface area contributed by atoms with Gasteiger partial charge in [0, 0.05) is 6.20 Å². The van der Waals surface area contributed by atoms with Gasteiger partial charge in [-0.3, -0.25) is 9.78 Å². The molecule has 3 aromatic heterocycles. The van der Waals surface area contributed by atoms with Crippen molar-refractivity contribution in [1.29, 1.82) is 0 Å². The molecule has 0 radical (unpaired) electrons. The zero-order valence-electron chi connectivity index (χ0n) is 13.8. The number of alkyl halides is 1. The number of amides is 1.